The number of nitrogens with one attached hydrogen (secondary N) is 2. The quantitative estimate of drug-likeness (QED) is 0.666. The fourth-order valence-electron chi connectivity index (χ4n) is 3.67. The van der Waals surface area contributed by atoms with E-state index in [1.54, 1.807) is 0 Å². The fraction of sp³-hybridized carbons (Fsp3) is 0.273. The third-order valence-corrected chi connectivity index (χ3v) is 5.61. The van der Waals surface area contributed by atoms with Gasteiger partial charge in [0.2, 0.25) is 11.8 Å². The normalized spacial score (nSPS) is 19.3. The number of piperidine rings is 1. The van der Waals surface area contributed by atoms with Crippen molar-refractivity contribution in [2.75, 3.05) is 0 Å². The predicted molar refractivity (Wildman–Crippen MR) is 110 cm³/mol. The third-order valence-electron chi connectivity index (χ3n) is 5.36. The number of carbonyl (C=O) groups excluding carboxylic acids is 4. The highest BCUT2D eigenvalue weighted by atomic mass is 35.5. The second kappa shape index (κ2) is 8.31. The molecule has 166 valence electrons. The van der Waals surface area contributed by atoms with Gasteiger partial charge in [0.15, 0.2) is 1.41 Å². The summed E-state index contributed by atoms with van der Waals surface area (Å²) < 4.78 is 45.5. The van der Waals surface area contributed by atoms with E-state index in [1.807, 2.05) is 0 Å². The summed E-state index contributed by atoms with van der Waals surface area (Å²) in [5.74, 6) is -7.28. The number of carbonyl (C=O) groups is 4. The van der Waals surface area contributed by atoms with Gasteiger partial charge in [-0.15, -0.1) is 0 Å². The second-order valence-electron chi connectivity index (χ2n) is 7.48. The Kier molecular flexibility index (Phi) is 5.03. The Morgan fingerprint density at radius 3 is 2.66 bits per heavy atom. The van der Waals surface area contributed by atoms with Crippen LogP contribution in [0.3, 0.4) is 0 Å². The van der Waals surface area contributed by atoms with Crippen LogP contribution < -0.4 is 10.6 Å². The molecule has 1 atom stereocenters. The first kappa shape index (κ1) is 19.4. The molecule has 2 N–H and O–H groups in total. The average Bonchev–Trinajstić information content (AvgIpc) is 3.12. The smallest absolute Gasteiger partial charge is 0.346 e. The summed E-state index contributed by atoms with van der Waals surface area (Å²) in [5.41, 5.74) is -0.0954. The minimum absolute atomic E-state index is 0.0725. The summed E-state index contributed by atoms with van der Waals surface area (Å²) in [5, 5.41) is 2.47. The maximum atomic E-state index is 14.6. The zero-order chi connectivity index (χ0) is 24.8. The molecule has 1 unspecified atom stereocenters. The number of fused-ring (bicyclic) bond motifs is 1. The Balaban J connectivity index is 1.53. The van der Waals surface area contributed by atoms with E-state index in [0.29, 0.717) is 0 Å². The zero-order valence-corrected chi connectivity index (χ0v) is 17.3. The maximum Gasteiger partial charge on any atom is 0.349 e. The minimum atomic E-state index is -3.98. The highest BCUT2D eigenvalue weighted by molar-refractivity contribution is 6.30. The first-order valence-corrected chi connectivity index (χ1v) is 10.1. The van der Waals surface area contributed by atoms with E-state index in [9.17, 15) is 28.0 Å². The van der Waals surface area contributed by atoms with Gasteiger partial charge in [0.05, 0.1) is 1.37 Å². The second-order valence-corrected chi connectivity index (χ2v) is 7.91. The maximum absolute atomic E-state index is 14.6. The molecule has 4 rings (SSSR count). The van der Waals surface area contributed by atoms with Gasteiger partial charge in [0.25, 0.3) is 11.8 Å². The number of halogens is 3. The van der Waals surface area contributed by atoms with Gasteiger partial charge in [-0.3, -0.25) is 24.5 Å². The van der Waals surface area contributed by atoms with Gasteiger partial charge >= 0.3 is 5.92 Å². The molecule has 2 heterocycles. The summed E-state index contributed by atoms with van der Waals surface area (Å²) in [6.07, 6.45) is 0.229. The lowest BCUT2D eigenvalue weighted by Crippen LogP contribution is -2.52. The summed E-state index contributed by atoms with van der Waals surface area (Å²) in [6, 6.07) is 6.06. The van der Waals surface area contributed by atoms with E-state index in [2.05, 4.69) is 5.32 Å². The predicted octanol–water partition coefficient (Wildman–Crippen LogP) is 2.51. The van der Waals surface area contributed by atoms with Crippen LogP contribution in [0.4, 0.5) is 8.78 Å². The number of alkyl halides is 2. The van der Waals surface area contributed by atoms with E-state index in [4.69, 9.17) is 14.4 Å². The average molecular weight is 464 g/mol. The zero-order valence-electron chi connectivity index (χ0n) is 18.5. The number of amides is 4. The molecular weight excluding hydrogens is 444 g/mol. The van der Waals surface area contributed by atoms with Crippen LogP contribution in [-0.2, 0) is 33.4 Å². The van der Waals surface area contributed by atoms with Crippen molar-refractivity contribution in [3.8, 4) is 0 Å². The standard InChI is InChI=1S/C22H18ClF2N3O4/c23-15-4-2-14(3-5-15)22(24,25)21(32)26-10-12-1-6-16-13(9-12)11-28(20(16)31)17-7-8-18(29)27-19(17)30/h1-6,9,17H,7-8,10-11H2,(H,26,32)(H,27,29,30)/i9D/hD. The van der Waals surface area contributed by atoms with E-state index in [-0.39, 0.29) is 52.5 Å². The lowest BCUT2D eigenvalue weighted by molar-refractivity contribution is -0.147. The fourth-order valence-corrected chi connectivity index (χ4v) is 3.80. The molecule has 1 fully saturated rings. The molecule has 2 aliphatic rings. The molecule has 0 aliphatic carbocycles. The first-order chi connectivity index (χ1) is 16.0. The Hall–Kier alpha value is -3.33. The van der Waals surface area contributed by atoms with Crippen molar-refractivity contribution in [1.82, 2.24) is 15.5 Å². The van der Waals surface area contributed by atoms with Gasteiger partial charge in [-0.1, -0.05) is 35.8 Å². The Labute approximate surface area is 189 Å². The topological polar surface area (TPSA) is 95.6 Å². The van der Waals surface area contributed by atoms with Gasteiger partial charge in [-0.25, -0.2) is 0 Å². The molecule has 4 amide bonds. The van der Waals surface area contributed by atoms with E-state index in [0.717, 1.165) is 12.1 Å². The largest absolute Gasteiger partial charge is 0.349 e. The van der Waals surface area contributed by atoms with Gasteiger partial charge in [-0.2, -0.15) is 8.78 Å². The van der Waals surface area contributed by atoms with Crippen LogP contribution in [-0.4, -0.2) is 34.6 Å². The summed E-state index contributed by atoms with van der Waals surface area (Å²) in [4.78, 5) is 49.9. The van der Waals surface area contributed by atoms with Crippen LogP contribution in [0.1, 0.15) is 41.3 Å². The number of nitrogens with zero attached hydrogens (tertiary/aromatic N) is 1. The lowest BCUT2D eigenvalue weighted by atomic mass is 10.0. The molecule has 2 aromatic carbocycles. The van der Waals surface area contributed by atoms with Crippen molar-refractivity contribution >= 4 is 35.2 Å². The van der Waals surface area contributed by atoms with E-state index >= 15 is 0 Å². The minimum Gasteiger partial charge on any atom is -0.346 e. The molecule has 2 aliphatic heterocycles. The molecule has 0 radical (unpaired) electrons. The highest BCUT2D eigenvalue weighted by Crippen LogP contribution is 2.30. The van der Waals surface area contributed by atoms with Crippen molar-refractivity contribution in [3.63, 3.8) is 0 Å². The van der Waals surface area contributed by atoms with Crippen LogP contribution >= 0.6 is 11.6 Å². The van der Waals surface area contributed by atoms with Crippen molar-refractivity contribution in [3.05, 3.63) is 69.7 Å². The van der Waals surface area contributed by atoms with Gasteiger partial charge in [-0.05, 0) is 35.7 Å². The van der Waals surface area contributed by atoms with Crippen LogP contribution in [0.25, 0.3) is 0 Å². The van der Waals surface area contributed by atoms with Crippen LogP contribution in [0.2, 0.25) is 6.43 Å². The molecule has 7 nitrogen and oxygen atoms in total. The van der Waals surface area contributed by atoms with Crippen LogP contribution in [0.15, 0.2) is 42.4 Å². The van der Waals surface area contributed by atoms with Crippen LogP contribution in [0.5, 0.6) is 0 Å². The number of hydrogen-bond acceptors (Lipinski definition) is 4. The summed E-state index contributed by atoms with van der Waals surface area (Å²) in [6.45, 7) is -0.694. The summed E-state index contributed by atoms with van der Waals surface area (Å²) >= 11 is 5.70. The number of imide groups is 1. The first-order valence-electron chi connectivity index (χ1n) is 10.7. The molecule has 0 spiro atoms. The van der Waals surface area contributed by atoms with Crippen molar-refractivity contribution in [2.45, 2.75) is 37.9 Å². The van der Waals surface area contributed by atoms with Gasteiger partial charge in [0, 0.05) is 35.7 Å². The van der Waals surface area contributed by atoms with Crippen molar-refractivity contribution < 1.29 is 30.7 Å². The molecule has 32 heavy (non-hydrogen) atoms. The number of benzene rings is 2. The molecule has 0 saturated carbocycles. The SMILES string of the molecule is [2H]c1c(CN([2H])C(=O)C(F)(F)c2ccc(Cl)cc2)ccc2c1CN(C1CCC(=O)NC1=O)C2=O. The van der Waals surface area contributed by atoms with Crippen LogP contribution in [0, 0.1) is 0 Å². The molecule has 2 aromatic rings. The van der Waals surface area contributed by atoms with Crippen molar-refractivity contribution in [1.29, 1.82) is 0 Å². The number of hydrogen-bond donors (Lipinski definition) is 2. The monoisotopic (exact) mass is 463 g/mol. The Morgan fingerprint density at radius 2 is 1.97 bits per heavy atom. The highest BCUT2D eigenvalue weighted by Gasteiger charge is 2.41. The lowest BCUT2D eigenvalue weighted by Gasteiger charge is -2.29. The van der Waals surface area contributed by atoms with Gasteiger partial charge in [0.1, 0.15) is 6.04 Å². The molecule has 0 bridgehead atoms. The summed E-state index contributed by atoms with van der Waals surface area (Å²) in [7, 11) is 0. The molecule has 1 saturated heterocycles. The van der Waals surface area contributed by atoms with Gasteiger partial charge < -0.3 is 10.2 Å². The van der Waals surface area contributed by atoms with Crippen molar-refractivity contribution in [2.24, 2.45) is 0 Å². The Bertz CT molecular complexity index is 1210. The Morgan fingerprint density at radius 1 is 1.25 bits per heavy atom. The molecule has 10 heteroatoms. The molecular formula is C22H18ClF2N3O4. The third kappa shape index (κ3) is 4.08. The van der Waals surface area contributed by atoms with E-state index in [1.165, 1.54) is 29.2 Å². The van der Waals surface area contributed by atoms with E-state index < -0.39 is 47.7 Å². The molecule has 0 aromatic heterocycles. The number of rotatable bonds is 5.